The number of quaternary nitrogens is 1. The van der Waals surface area contributed by atoms with Gasteiger partial charge in [0.25, 0.3) is 0 Å². The lowest BCUT2D eigenvalue weighted by molar-refractivity contribution is -0.705. The molecule has 0 saturated carbocycles. The number of benzene rings is 1. The zero-order chi connectivity index (χ0) is 32.1. The van der Waals surface area contributed by atoms with Gasteiger partial charge in [0.15, 0.2) is 0 Å². The maximum Gasteiger partial charge on any atom is 0.101 e. The van der Waals surface area contributed by atoms with Gasteiger partial charge in [-0.15, -0.1) is 0 Å². The van der Waals surface area contributed by atoms with E-state index in [0.717, 1.165) is 12.6 Å². The van der Waals surface area contributed by atoms with Crippen molar-refractivity contribution in [3.05, 3.63) is 35.9 Å². The molecule has 45 heavy (non-hydrogen) atoms. The molecule has 0 spiro atoms. The van der Waals surface area contributed by atoms with Crippen LogP contribution in [0.15, 0.2) is 30.3 Å². The quantitative estimate of drug-likeness (QED) is 0.0708. The zero-order valence-electron chi connectivity index (χ0n) is 31.3. The molecule has 0 aromatic heterocycles. The highest BCUT2D eigenvalue weighted by molar-refractivity contribution is 5.12. The average Bonchev–Trinajstić information content (AvgIpc) is 3.06. The lowest BCUT2D eigenvalue weighted by Crippen LogP contribution is -2.88. The summed E-state index contributed by atoms with van der Waals surface area (Å²) < 4.78 is 0. The first-order valence-electron chi connectivity index (χ1n) is 21.2. The number of hydrogen-bond donors (Lipinski definition) is 1. The third-order valence-corrected chi connectivity index (χ3v) is 10.4. The predicted molar refractivity (Wildman–Crippen MR) is 204 cm³/mol. The van der Waals surface area contributed by atoms with E-state index in [0.29, 0.717) is 0 Å². The molecule has 0 fully saturated rings. The van der Waals surface area contributed by atoms with Crippen molar-refractivity contribution in [1.82, 2.24) is 0 Å². The van der Waals surface area contributed by atoms with Crippen LogP contribution >= 0.6 is 0 Å². The van der Waals surface area contributed by atoms with Gasteiger partial charge in [-0.2, -0.15) is 0 Å². The second kappa shape index (κ2) is 36.0. The molecule has 0 bridgehead atoms. The van der Waals surface area contributed by atoms with Crippen LogP contribution in [0.2, 0.25) is 0 Å². The van der Waals surface area contributed by atoms with Gasteiger partial charge in [-0.25, -0.2) is 0 Å². The first kappa shape index (κ1) is 42.2. The number of unbranched alkanes of at least 4 members (excludes halogenated alkanes) is 30. The molecular weight excluding hydrogens is 542 g/mol. The van der Waals surface area contributed by atoms with E-state index in [1.807, 2.05) is 0 Å². The molecule has 1 aromatic rings. The van der Waals surface area contributed by atoms with E-state index in [9.17, 15) is 0 Å². The van der Waals surface area contributed by atoms with E-state index in [-0.39, 0.29) is 0 Å². The van der Waals surface area contributed by atoms with Crippen LogP contribution in [0, 0.1) is 0 Å². The second-order valence-electron chi connectivity index (χ2n) is 14.9. The minimum atomic E-state index is 0.823. The van der Waals surface area contributed by atoms with Crippen LogP contribution < -0.4 is 5.32 Å². The fourth-order valence-corrected chi connectivity index (χ4v) is 7.21. The first-order valence-corrected chi connectivity index (χ1v) is 21.2. The first-order chi connectivity index (χ1) is 22.4. The molecular formula is C44H84N+. The smallest absolute Gasteiger partial charge is 0.101 e. The van der Waals surface area contributed by atoms with Crippen molar-refractivity contribution in [3.63, 3.8) is 0 Å². The second-order valence-corrected chi connectivity index (χ2v) is 14.9. The number of hydrogen-bond acceptors (Lipinski definition) is 0. The lowest BCUT2D eigenvalue weighted by atomic mass is 9.99. The molecule has 0 saturated heterocycles. The summed E-state index contributed by atoms with van der Waals surface area (Å²) in [5.74, 6) is 0. The van der Waals surface area contributed by atoms with Crippen molar-refractivity contribution in [3.8, 4) is 0 Å². The SMILES string of the molecule is CCCCCCCCCCCCCCCCCCC(CCCCCCCCCCCCCCCCCC)[NH2+]Cc1ccccc1. The third-order valence-electron chi connectivity index (χ3n) is 10.4. The van der Waals surface area contributed by atoms with Gasteiger partial charge in [0, 0.05) is 5.56 Å². The van der Waals surface area contributed by atoms with Gasteiger partial charge in [0.1, 0.15) is 6.54 Å². The fraction of sp³-hybridized carbons (Fsp3) is 0.864. The van der Waals surface area contributed by atoms with Crippen LogP contribution in [0.4, 0.5) is 0 Å². The summed E-state index contributed by atoms with van der Waals surface area (Å²) in [6, 6.07) is 12.0. The Labute approximate surface area is 285 Å². The highest BCUT2D eigenvalue weighted by Crippen LogP contribution is 2.17. The monoisotopic (exact) mass is 627 g/mol. The van der Waals surface area contributed by atoms with Crippen LogP contribution in [0.5, 0.6) is 0 Å². The number of nitrogens with two attached hydrogens (primary N) is 1. The molecule has 0 radical (unpaired) electrons. The van der Waals surface area contributed by atoms with Crippen molar-refractivity contribution in [1.29, 1.82) is 0 Å². The molecule has 0 atom stereocenters. The van der Waals surface area contributed by atoms with Crippen molar-refractivity contribution >= 4 is 0 Å². The molecule has 0 unspecified atom stereocenters. The maximum absolute atomic E-state index is 2.67. The summed E-state index contributed by atoms with van der Waals surface area (Å²) in [5, 5.41) is 2.67. The van der Waals surface area contributed by atoms with Gasteiger partial charge in [-0.3, -0.25) is 0 Å². The van der Waals surface area contributed by atoms with E-state index in [2.05, 4.69) is 49.5 Å². The summed E-state index contributed by atoms with van der Waals surface area (Å²) in [4.78, 5) is 0. The molecule has 1 nitrogen and oxygen atoms in total. The Morgan fingerprint density at radius 1 is 0.356 bits per heavy atom. The number of rotatable bonds is 37. The topological polar surface area (TPSA) is 16.6 Å². The standard InChI is InChI=1S/C44H83N/c1-3-5-7-9-11-13-15-17-19-21-23-25-27-29-31-36-40-44(45-42-43-38-34-33-35-39-43)41-37-32-30-28-26-24-22-20-18-16-14-12-10-8-6-4-2/h33-35,38-39,44-45H,3-32,36-37,40-42H2,1-2H3/p+1. The normalized spacial score (nSPS) is 11.6. The molecule has 0 amide bonds. The van der Waals surface area contributed by atoms with Crippen molar-refractivity contribution in [2.75, 3.05) is 0 Å². The fourth-order valence-electron chi connectivity index (χ4n) is 7.21. The summed E-state index contributed by atoms with van der Waals surface area (Å²) in [5.41, 5.74) is 1.49. The van der Waals surface area contributed by atoms with Gasteiger partial charge < -0.3 is 5.32 Å². The molecule has 264 valence electrons. The summed E-state index contributed by atoms with van der Waals surface area (Å²) in [7, 11) is 0. The molecule has 1 rings (SSSR count). The van der Waals surface area contributed by atoms with E-state index in [1.54, 1.807) is 0 Å². The third kappa shape index (κ3) is 31.5. The average molecular weight is 627 g/mol. The molecule has 0 aliphatic carbocycles. The molecule has 1 aromatic carbocycles. The van der Waals surface area contributed by atoms with E-state index >= 15 is 0 Å². The Kier molecular flexibility index (Phi) is 33.8. The van der Waals surface area contributed by atoms with Crippen LogP contribution in [0.1, 0.15) is 238 Å². The highest BCUT2D eigenvalue weighted by Gasteiger charge is 2.12. The Balaban J connectivity index is 2.00. The maximum atomic E-state index is 2.67. The molecule has 2 N–H and O–H groups in total. The van der Waals surface area contributed by atoms with Crippen molar-refractivity contribution in [2.45, 2.75) is 245 Å². The van der Waals surface area contributed by atoms with Crippen LogP contribution in [0.25, 0.3) is 0 Å². The van der Waals surface area contributed by atoms with E-state index in [1.165, 1.54) is 224 Å². The Hall–Kier alpha value is -0.820. The van der Waals surface area contributed by atoms with Gasteiger partial charge in [-0.1, -0.05) is 237 Å². The highest BCUT2D eigenvalue weighted by atomic mass is 14.9. The zero-order valence-corrected chi connectivity index (χ0v) is 31.3. The summed E-state index contributed by atoms with van der Waals surface area (Å²) in [6.45, 7) is 5.78. The van der Waals surface area contributed by atoms with Gasteiger partial charge >= 0.3 is 0 Å². The molecule has 0 aliphatic rings. The molecule has 0 aliphatic heterocycles. The molecule has 0 heterocycles. The van der Waals surface area contributed by atoms with Crippen LogP contribution in [0.3, 0.4) is 0 Å². The van der Waals surface area contributed by atoms with Crippen molar-refractivity contribution < 1.29 is 5.32 Å². The van der Waals surface area contributed by atoms with Gasteiger partial charge in [0.05, 0.1) is 6.04 Å². The largest absolute Gasteiger partial charge is 0.340 e. The minimum absolute atomic E-state index is 0.823. The van der Waals surface area contributed by atoms with Crippen molar-refractivity contribution in [2.24, 2.45) is 0 Å². The minimum Gasteiger partial charge on any atom is -0.340 e. The Morgan fingerprint density at radius 2 is 0.622 bits per heavy atom. The predicted octanol–water partition coefficient (Wildman–Crippen LogP) is 14.4. The van der Waals surface area contributed by atoms with Crippen LogP contribution in [-0.2, 0) is 6.54 Å². The summed E-state index contributed by atoms with van der Waals surface area (Å²) >= 11 is 0. The van der Waals surface area contributed by atoms with E-state index < -0.39 is 0 Å². The van der Waals surface area contributed by atoms with E-state index in [4.69, 9.17) is 0 Å². The Morgan fingerprint density at radius 3 is 0.911 bits per heavy atom. The Bertz CT molecular complexity index is 618. The molecule has 1 heteroatoms. The van der Waals surface area contributed by atoms with Gasteiger partial charge in [0.2, 0.25) is 0 Å². The van der Waals surface area contributed by atoms with Gasteiger partial charge in [-0.05, 0) is 25.7 Å². The summed E-state index contributed by atoms with van der Waals surface area (Å²) in [6.07, 6.45) is 49.6. The lowest BCUT2D eigenvalue weighted by Gasteiger charge is -2.16. The van der Waals surface area contributed by atoms with Crippen LogP contribution in [-0.4, -0.2) is 6.04 Å².